The number of hydrogen-bond donors (Lipinski definition) is 0. The topological polar surface area (TPSA) is 78.9 Å². The average molecular weight is 990 g/mol. The number of allylic oxidation sites excluding steroid dienone is 14. The van der Waals surface area contributed by atoms with Crippen molar-refractivity contribution in [2.45, 2.75) is 297 Å². The maximum atomic E-state index is 12.9. The summed E-state index contributed by atoms with van der Waals surface area (Å²) in [6.07, 6.45) is 77.2. The molecule has 0 radical (unpaired) electrons. The van der Waals surface area contributed by atoms with Crippen LogP contribution in [0.3, 0.4) is 0 Å². The maximum Gasteiger partial charge on any atom is 0.306 e. The third kappa shape index (κ3) is 57.4. The number of rotatable bonds is 54. The van der Waals surface area contributed by atoms with Gasteiger partial charge in [-0.25, -0.2) is 0 Å². The molecule has 0 aliphatic rings. The minimum Gasteiger partial charge on any atom is -0.462 e. The van der Waals surface area contributed by atoms with Crippen LogP contribution < -0.4 is 0 Å². The van der Waals surface area contributed by atoms with Crippen molar-refractivity contribution in [3.05, 3.63) is 85.1 Å². The molecule has 1 unspecified atom stereocenters. The quantitative estimate of drug-likeness (QED) is 0.0261. The Labute approximate surface area is 439 Å². The normalized spacial score (nSPS) is 12.7. The Morgan fingerprint density at radius 3 is 0.859 bits per heavy atom. The van der Waals surface area contributed by atoms with Crippen molar-refractivity contribution in [1.29, 1.82) is 0 Å². The smallest absolute Gasteiger partial charge is 0.306 e. The zero-order valence-electron chi connectivity index (χ0n) is 46.7. The van der Waals surface area contributed by atoms with Gasteiger partial charge in [-0.1, -0.05) is 286 Å². The summed E-state index contributed by atoms with van der Waals surface area (Å²) < 4.78 is 16.8. The second-order valence-electron chi connectivity index (χ2n) is 19.9. The molecule has 408 valence electrons. The van der Waals surface area contributed by atoms with Crippen LogP contribution in [-0.4, -0.2) is 37.2 Å². The van der Waals surface area contributed by atoms with Crippen LogP contribution in [0.2, 0.25) is 0 Å². The van der Waals surface area contributed by atoms with Gasteiger partial charge in [-0.15, -0.1) is 0 Å². The van der Waals surface area contributed by atoms with E-state index in [9.17, 15) is 14.4 Å². The molecule has 0 aromatic carbocycles. The van der Waals surface area contributed by atoms with E-state index in [0.717, 1.165) is 89.9 Å². The average Bonchev–Trinajstić information content (AvgIpc) is 3.37. The van der Waals surface area contributed by atoms with Gasteiger partial charge in [-0.05, 0) is 70.6 Å². The lowest BCUT2D eigenvalue weighted by Gasteiger charge is -2.18. The van der Waals surface area contributed by atoms with E-state index in [2.05, 4.69) is 106 Å². The van der Waals surface area contributed by atoms with Gasteiger partial charge in [0.2, 0.25) is 0 Å². The molecule has 71 heavy (non-hydrogen) atoms. The van der Waals surface area contributed by atoms with Gasteiger partial charge in [0.05, 0.1) is 0 Å². The molecule has 0 saturated carbocycles. The van der Waals surface area contributed by atoms with Crippen LogP contribution in [0.1, 0.15) is 290 Å². The highest BCUT2D eigenvalue weighted by molar-refractivity contribution is 5.71. The van der Waals surface area contributed by atoms with Crippen LogP contribution in [0, 0.1) is 0 Å². The molecule has 0 rings (SSSR count). The second-order valence-corrected chi connectivity index (χ2v) is 19.9. The third-order valence-corrected chi connectivity index (χ3v) is 12.9. The third-order valence-electron chi connectivity index (χ3n) is 12.9. The van der Waals surface area contributed by atoms with E-state index in [-0.39, 0.29) is 37.5 Å². The standard InChI is InChI=1S/C65H112O6/c1-4-7-10-13-16-19-22-25-28-29-30-31-32-33-34-35-38-40-43-46-49-52-55-58-64(67)70-61-62(71-65(68)59-56-53-50-47-44-41-37-27-24-21-18-15-12-9-6-3)60-69-63(66)57-54-51-48-45-42-39-36-26-23-20-17-14-11-8-5-2/h7,10,16,19,25,28,30-31,33-34,38,40,46,49,62H,4-6,8-9,11-15,17-18,20-24,26-27,29,32,35-37,39,41-45,47-48,50-61H2,1-3H3/b10-7-,19-16-,28-25-,31-30-,34-33-,40-38-,49-46-. The summed E-state index contributed by atoms with van der Waals surface area (Å²) in [6, 6.07) is 0. The van der Waals surface area contributed by atoms with Gasteiger partial charge in [-0.2, -0.15) is 0 Å². The molecule has 0 fully saturated rings. The van der Waals surface area contributed by atoms with Gasteiger partial charge < -0.3 is 14.2 Å². The van der Waals surface area contributed by atoms with E-state index in [1.807, 2.05) is 0 Å². The first-order valence-electron chi connectivity index (χ1n) is 30.1. The Morgan fingerprint density at radius 1 is 0.296 bits per heavy atom. The molecule has 0 aliphatic heterocycles. The van der Waals surface area contributed by atoms with Crippen molar-refractivity contribution in [3.8, 4) is 0 Å². The van der Waals surface area contributed by atoms with Gasteiger partial charge >= 0.3 is 17.9 Å². The molecule has 6 heteroatoms. The summed E-state index contributed by atoms with van der Waals surface area (Å²) in [5, 5.41) is 0. The number of carbonyl (C=O) groups is 3. The molecular formula is C65H112O6. The van der Waals surface area contributed by atoms with Gasteiger partial charge in [0, 0.05) is 19.3 Å². The number of carbonyl (C=O) groups excluding carboxylic acids is 3. The van der Waals surface area contributed by atoms with Crippen LogP contribution >= 0.6 is 0 Å². The second kappa shape index (κ2) is 59.2. The van der Waals surface area contributed by atoms with Gasteiger partial charge in [0.25, 0.3) is 0 Å². The molecule has 0 amide bonds. The predicted octanol–water partition coefficient (Wildman–Crippen LogP) is 20.3. The molecule has 0 N–H and O–H groups in total. The van der Waals surface area contributed by atoms with Crippen molar-refractivity contribution in [2.24, 2.45) is 0 Å². The summed E-state index contributed by atoms with van der Waals surface area (Å²) in [5.41, 5.74) is 0. The lowest BCUT2D eigenvalue weighted by atomic mass is 10.0. The minimum atomic E-state index is -0.797. The van der Waals surface area contributed by atoms with Crippen molar-refractivity contribution < 1.29 is 28.6 Å². The van der Waals surface area contributed by atoms with E-state index in [0.29, 0.717) is 19.3 Å². The number of esters is 3. The van der Waals surface area contributed by atoms with E-state index in [1.165, 1.54) is 154 Å². The van der Waals surface area contributed by atoms with E-state index < -0.39 is 6.10 Å². The first kappa shape index (κ1) is 67.6. The Balaban J connectivity index is 4.44. The Morgan fingerprint density at radius 2 is 0.549 bits per heavy atom. The summed E-state index contributed by atoms with van der Waals surface area (Å²) in [5.74, 6) is -0.940. The van der Waals surface area contributed by atoms with E-state index in [4.69, 9.17) is 14.2 Å². The number of unbranched alkanes of at least 4 members (excludes halogenated alkanes) is 29. The van der Waals surface area contributed by atoms with E-state index >= 15 is 0 Å². The molecule has 0 heterocycles. The molecule has 0 aliphatic carbocycles. The minimum absolute atomic E-state index is 0.0905. The van der Waals surface area contributed by atoms with Crippen LogP contribution in [0.15, 0.2) is 85.1 Å². The molecule has 1 atom stereocenters. The van der Waals surface area contributed by atoms with Crippen LogP contribution in [0.25, 0.3) is 0 Å². The summed E-state index contributed by atoms with van der Waals surface area (Å²) in [7, 11) is 0. The van der Waals surface area contributed by atoms with Gasteiger partial charge in [0.1, 0.15) is 13.2 Å². The Hall–Kier alpha value is -3.41. The van der Waals surface area contributed by atoms with Crippen molar-refractivity contribution in [1.82, 2.24) is 0 Å². The number of hydrogen-bond acceptors (Lipinski definition) is 6. The van der Waals surface area contributed by atoms with Crippen molar-refractivity contribution in [3.63, 3.8) is 0 Å². The fraction of sp³-hybridized carbons (Fsp3) is 0.738. The highest BCUT2D eigenvalue weighted by Crippen LogP contribution is 2.16. The molecule has 0 saturated heterocycles. The molecule has 0 spiro atoms. The van der Waals surface area contributed by atoms with Gasteiger partial charge in [-0.3, -0.25) is 14.4 Å². The number of ether oxygens (including phenoxy) is 3. The van der Waals surface area contributed by atoms with Crippen molar-refractivity contribution >= 4 is 17.9 Å². The van der Waals surface area contributed by atoms with Crippen LogP contribution in [0.5, 0.6) is 0 Å². The lowest BCUT2D eigenvalue weighted by molar-refractivity contribution is -0.167. The molecule has 0 aromatic rings. The maximum absolute atomic E-state index is 12.9. The van der Waals surface area contributed by atoms with Crippen LogP contribution in [0.4, 0.5) is 0 Å². The van der Waals surface area contributed by atoms with Gasteiger partial charge in [0.15, 0.2) is 6.10 Å². The lowest BCUT2D eigenvalue weighted by Crippen LogP contribution is -2.30. The SMILES string of the molecule is CC/C=C\C/C=C\C/C=C\C/C=C\C/C=C\C/C=C\C/C=C\CCCC(=O)OCC(COC(=O)CCCCCCCCCCCCCCCCC)OC(=O)CCCCCCCCCCCCCCCCC. The summed E-state index contributed by atoms with van der Waals surface area (Å²) in [4.78, 5) is 38.2. The van der Waals surface area contributed by atoms with Crippen LogP contribution in [-0.2, 0) is 28.6 Å². The zero-order chi connectivity index (χ0) is 51.4. The Kier molecular flexibility index (Phi) is 56.3. The van der Waals surface area contributed by atoms with E-state index in [1.54, 1.807) is 0 Å². The Bertz CT molecular complexity index is 1370. The predicted molar refractivity (Wildman–Crippen MR) is 307 cm³/mol. The highest BCUT2D eigenvalue weighted by atomic mass is 16.6. The molecular weight excluding hydrogens is 877 g/mol. The highest BCUT2D eigenvalue weighted by Gasteiger charge is 2.19. The van der Waals surface area contributed by atoms with Crippen molar-refractivity contribution in [2.75, 3.05) is 13.2 Å². The largest absolute Gasteiger partial charge is 0.462 e. The fourth-order valence-corrected chi connectivity index (χ4v) is 8.43. The summed E-state index contributed by atoms with van der Waals surface area (Å²) in [6.45, 7) is 6.51. The monoisotopic (exact) mass is 989 g/mol. The first-order chi connectivity index (χ1) is 35.0. The fourth-order valence-electron chi connectivity index (χ4n) is 8.43. The zero-order valence-corrected chi connectivity index (χ0v) is 46.7. The molecule has 6 nitrogen and oxygen atoms in total. The summed E-state index contributed by atoms with van der Waals surface area (Å²) >= 11 is 0. The first-order valence-corrected chi connectivity index (χ1v) is 30.1. The molecule has 0 bridgehead atoms. The molecule has 0 aromatic heterocycles.